The summed E-state index contributed by atoms with van der Waals surface area (Å²) in [4.78, 5) is 7.95. The number of thiocarbonyl (C=S) groups is 1. The molecule has 0 aliphatic rings. The predicted octanol–water partition coefficient (Wildman–Crippen LogP) is 2.67. The lowest BCUT2D eigenvalue weighted by Gasteiger charge is -2.17. The van der Waals surface area contributed by atoms with E-state index in [0.717, 1.165) is 5.56 Å². The Hall–Kier alpha value is -2.28. The van der Waals surface area contributed by atoms with Gasteiger partial charge in [-0.3, -0.25) is 0 Å². The second kappa shape index (κ2) is 6.94. The molecule has 2 aromatic rings. The standard InChI is InChI=1S/C14H15FN4OS/c1-9(10-3-5-11(15)6-4-10)18-14(21)19-12-7-13(20-2)17-8-16-12/h3-9H,1-2H3,(H2,16,17,18,19,21). The SMILES string of the molecule is COc1cc(NC(=S)NC(C)c2ccc(F)cc2)ncn1. The van der Waals surface area contributed by atoms with Crippen LogP contribution >= 0.6 is 12.2 Å². The summed E-state index contributed by atoms with van der Waals surface area (Å²) in [6.07, 6.45) is 1.38. The van der Waals surface area contributed by atoms with Crippen molar-refractivity contribution in [3.63, 3.8) is 0 Å². The third kappa shape index (κ3) is 4.35. The van der Waals surface area contributed by atoms with Crippen LogP contribution in [0.1, 0.15) is 18.5 Å². The molecule has 0 amide bonds. The lowest BCUT2D eigenvalue weighted by molar-refractivity contribution is 0.397. The number of nitrogens with zero attached hydrogens (tertiary/aromatic N) is 2. The first-order chi connectivity index (χ1) is 10.1. The van der Waals surface area contributed by atoms with Crippen molar-refractivity contribution in [3.05, 3.63) is 48.0 Å². The minimum Gasteiger partial charge on any atom is -0.481 e. The fourth-order valence-electron chi connectivity index (χ4n) is 1.70. The van der Waals surface area contributed by atoms with Crippen LogP contribution in [0.25, 0.3) is 0 Å². The number of aromatic nitrogens is 2. The van der Waals surface area contributed by atoms with Crippen molar-refractivity contribution in [1.82, 2.24) is 15.3 Å². The highest BCUT2D eigenvalue weighted by Gasteiger charge is 2.08. The van der Waals surface area contributed by atoms with E-state index in [1.807, 2.05) is 6.92 Å². The molecular formula is C14H15FN4OS. The molecule has 1 aromatic carbocycles. The second-order valence-electron chi connectivity index (χ2n) is 4.32. The van der Waals surface area contributed by atoms with Crippen molar-refractivity contribution in [3.8, 4) is 5.88 Å². The van der Waals surface area contributed by atoms with Gasteiger partial charge in [0, 0.05) is 6.07 Å². The van der Waals surface area contributed by atoms with E-state index in [-0.39, 0.29) is 11.9 Å². The van der Waals surface area contributed by atoms with Gasteiger partial charge in [-0.25, -0.2) is 14.4 Å². The molecule has 2 rings (SSSR count). The Bertz CT molecular complexity index is 621. The van der Waals surface area contributed by atoms with Gasteiger partial charge in [0.1, 0.15) is 18.0 Å². The van der Waals surface area contributed by atoms with Crippen molar-refractivity contribution < 1.29 is 9.13 Å². The quantitative estimate of drug-likeness (QED) is 0.847. The molecule has 1 unspecified atom stereocenters. The zero-order chi connectivity index (χ0) is 15.2. The minimum absolute atomic E-state index is 0.0608. The third-order valence-corrected chi connectivity index (χ3v) is 3.03. The van der Waals surface area contributed by atoms with Crippen LogP contribution in [0.2, 0.25) is 0 Å². The van der Waals surface area contributed by atoms with Gasteiger partial charge >= 0.3 is 0 Å². The van der Waals surface area contributed by atoms with E-state index in [0.29, 0.717) is 16.8 Å². The Balaban J connectivity index is 1.96. The van der Waals surface area contributed by atoms with Crippen LogP contribution in [0.15, 0.2) is 36.7 Å². The number of halogens is 1. The molecule has 21 heavy (non-hydrogen) atoms. The van der Waals surface area contributed by atoms with E-state index in [2.05, 4.69) is 20.6 Å². The Morgan fingerprint density at radius 3 is 2.67 bits per heavy atom. The molecule has 0 saturated heterocycles. The highest BCUT2D eigenvalue weighted by atomic mass is 32.1. The second-order valence-corrected chi connectivity index (χ2v) is 4.73. The average Bonchev–Trinajstić information content (AvgIpc) is 2.47. The maximum Gasteiger partial charge on any atom is 0.218 e. The largest absolute Gasteiger partial charge is 0.481 e. The van der Waals surface area contributed by atoms with Gasteiger partial charge in [0.15, 0.2) is 5.11 Å². The van der Waals surface area contributed by atoms with Crippen LogP contribution in [-0.2, 0) is 0 Å². The van der Waals surface area contributed by atoms with E-state index in [4.69, 9.17) is 17.0 Å². The van der Waals surface area contributed by atoms with Crippen LogP contribution < -0.4 is 15.4 Å². The maximum absolute atomic E-state index is 12.9. The van der Waals surface area contributed by atoms with Crippen LogP contribution in [0.3, 0.4) is 0 Å². The minimum atomic E-state index is -0.264. The van der Waals surface area contributed by atoms with Gasteiger partial charge in [-0.2, -0.15) is 0 Å². The van der Waals surface area contributed by atoms with Gasteiger partial charge in [0.2, 0.25) is 5.88 Å². The van der Waals surface area contributed by atoms with Crippen molar-refractivity contribution >= 4 is 23.1 Å². The Labute approximate surface area is 127 Å². The van der Waals surface area contributed by atoms with E-state index in [9.17, 15) is 4.39 Å². The zero-order valence-corrected chi connectivity index (χ0v) is 12.4. The average molecular weight is 306 g/mol. The summed E-state index contributed by atoms with van der Waals surface area (Å²) >= 11 is 5.22. The van der Waals surface area contributed by atoms with Crippen LogP contribution in [-0.4, -0.2) is 22.2 Å². The Morgan fingerprint density at radius 2 is 2.00 bits per heavy atom. The first kappa shape index (κ1) is 15.1. The molecule has 5 nitrogen and oxygen atoms in total. The number of nitrogens with one attached hydrogen (secondary N) is 2. The fourth-order valence-corrected chi connectivity index (χ4v) is 1.98. The highest BCUT2D eigenvalue weighted by molar-refractivity contribution is 7.80. The first-order valence-corrected chi connectivity index (χ1v) is 6.68. The number of hydrogen-bond acceptors (Lipinski definition) is 4. The summed E-state index contributed by atoms with van der Waals surface area (Å²) in [7, 11) is 1.53. The van der Waals surface area contributed by atoms with Gasteiger partial charge in [0.05, 0.1) is 13.2 Å². The summed E-state index contributed by atoms with van der Waals surface area (Å²) in [5, 5.41) is 6.45. The molecular weight excluding hydrogens is 291 g/mol. The van der Waals surface area contributed by atoms with Crippen LogP contribution in [0.5, 0.6) is 5.88 Å². The number of hydrogen-bond donors (Lipinski definition) is 2. The Morgan fingerprint density at radius 1 is 1.29 bits per heavy atom. The molecule has 0 saturated carbocycles. The molecule has 0 spiro atoms. The van der Waals surface area contributed by atoms with Gasteiger partial charge in [-0.15, -0.1) is 0 Å². The molecule has 0 aliphatic carbocycles. The van der Waals surface area contributed by atoms with E-state index < -0.39 is 0 Å². The van der Waals surface area contributed by atoms with Crippen molar-refractivity contribution in [2.24, 2.45) is 0 Å². The topological polar surface area (TPSA) is 59.1 Å². The van der Waals surface area contributed by atoms with Crippen LogP contribution in [0.4, 0.5) is 10.2 Å². The first-order valence-electron chi connectivity index (χ1n) is 6.27. The number of anilines is 1. The fraction of sp³-hybridized carbons (Fsp3) is 0.214. The normalized spacial score (nSPS) is 11.6. The van der Waals surface area contributed by atoms with Gasteiger partial charge in [0.25, 0.3) is 0 Å². The predicted molar refractivity (Wildman–Crippen MR) is 82.8 cm³/mol. The van der Waals surface area contributed by atoms with E-state index >= 15 is 0 Å². The zero-order valence-electron chi connectivity index (χ0n) is 11.6. The summed E-state index contributed by atoms with van der Waals surface area (Å²) in [6.45, 7) is 1.93. The molecule has 0 aliphatic heterocycles. The molecule has 1 heterocycles. The lowest BCUT2D eigenvalue weighted by atomic mass is 10.1. The third-order valence-electron chi connectivity index (χ3n) is 2.81. The molecule has 1 atom stereocenters. The monoisotopic (exact) mass is 306 g/mol. The summed E-state index contributed by atoms with van der Waals surface area (Å²) in [5.74, 6) is 0.715. The van der Waals surface area contributed by atoms with Crippen molar-refractivity contribution in [2.45, 2.75) is 13.0 Å². The molecule has 0 fully saturated rings. The molecule has 7 heteroatoms. The Kier molecular flexibility index (Phi) is 4.99. The summed E-state index contributed by atoms with van der Waals surface area (Å²) in [5.41, 5.74) is 0.931. The molecule has 2 N–H and O–H groups in total. The van der Waals surface area contributed by atoms with Crippen molar-refractivity contribution in [2.75, 3.05) is 12.4 Å². The molecule has 0 radical (unpaired) electrons. The van der Waals surface area contributed by atoms with Gasteiger partial charge < -0.3 is 15.4 Å². The molecule has 110 valence electrons. The number of rotatable bonds is 4. The van der Waals surface area contributed by atoms with Crippen molar-refractivity contribution in [1.29, 1.82) is 0 Å². The number of methoxy groups -OCH3 is 1. The van der Waals surface area contributed by atoms with Gasteiger partial charge in [-0.05, 0) is 36.8 Å². The van der Waals surface area contributed by atoms with Gasteiger partial charge in [-0.1, -0.05) is 12.1 Å². The summed E-state index contributed by atoms with van der Waals surface area (Å²) in [6, 6.07) is 7.83. The summed E-state index contributed by atoms with van der Waals surface area (Å²) < 4.78 is 17.9. The smallest absolute Gasteiger partial charge is 0.218 e. The lowest BCUT2D eigenvalue weighted by Crippen LogP contribution is -2.31. The maximum atomic E-state index is 12.9. The highest BCUT2D eigenvalue weighted by Crippen LogP contribution is 2.14. The number of benzene rings is 1. The molecule has 0 bridgehead atoms. The van der Waals surface area contributed by atoms with Crippen LogP contribution in [0, 0.1) is 5.82 Å². The van der Waals surface area contributed by atoms with E-state index in [1.54, 1.807) is 18.2 Å². The molecule has 1 aromatic heterocycles. The van der Waals surface area contributed by atoms with E-state index in [1.165, 1.54) is 25.6 Å². The number of ether oxygens (including phenoxy) is 1.